The number of carbonyl (C=O) groups excluding carboxylic acids is 1. The second-order valence-corrected chi connectivity index (χ2v) is 3.18. The number of fused-ring (bicyclic) bond motifs is 1. The molecule has 0 spiro atoms. The third kappa shape index (κ3) is 2.41. The summed E-state index contributed by atoms with van der Waals surface area (Å²) in [6, 6.07) is 0. The molecule has 1 heterocycles. The summed E-state index contributed by atoms with van der Waals surface area (Å²) >= 11 is 0. The number of hydrogen-bond donors (Lipinski definition) is 2. The maximum absolute atomic E-state index is 13.3. The number of carbonyl (C=O) groups is 1. The van der Waals surface area contributed by atoms with Crippen LogP contribution in [0.4, 0.5) is 28.3 Å². The fraction of sp³-hybridized carbons (Fsp3) is 0.111. The highest BCUT2D eigenvalue weighted by molar-refractivity contribution is 5.86. The van der Waals surface area contributed by atoms with Gasteiger partial charge in [-0.1, -0.05) is 0 Å². The van der Waals surface area contributed by atoms with E-state index in [2.05, 4.69) is 14.7 Å². The van der Waals surface area contributed by atoms with Crippen LogP contribution in [0.2, 0.25) is 0 Å². The zero-order valence-corrected chi connectivity index (χ0v) is 10.0. The number of nitrogens with one attached hydrogen (secondary N) is 2. The quantitative estimate of drug-likeness (QED) is 0.483. The number of halogens is 5. The van der Waals surface area contributed by atoms with Gasteiger partial charge in [-0.05, 0) is 0 Å². The minimum atomic E-state index is -1.98. The maximum Gasteiger partial charge on any atom is 0.413 e. The molecule has 104 valence electrons. The van der Waals surface area contributed by atoms with Gasteiger partial charge >= 0.3 is 6.09 Å². The first-order valence-corrected chi connectivity index (χ1v) is 4.52. The Balaban J connectivity index is 0.00000180. The lowest BCUT2D eigenvalue weighted by molar-refractivity contribution is 0.186. The Morgan fingerprint density at radius 2 is 1.74 bits per heavy atom. The van der Waals surface area contributed by atoms with Gasteiger partial charge in [0.25, 0.3) is 0 Å². The van der Waals surface area contributed by atoms with E-state index in [9.17, 15) is 22.4 Å². The van der Waals surface area contributed by atoms with Gasteiger partial charge in [0.2, 0.25) is 5.95 Å². The zero-order valence-electron chi connectivity index (χ0n) is 9.18. The highest BCUT2D eigenvalue weighted by Gasteiger charge is 2.23. The summed E-state index contributed by atoms with van der Waals surface area (Å²) in [6.07, 6.45) is -0.962. The number of benzene rings is 1. The van der Waals surface area contributed by atoms with Gasteiger partial charge in [0.05, 0.1) is 7.11 Å². The number of aromatic nitrogens is 2. The lowest BCUT2D eigenvalue weighted by Crippen LogP contribution is -2.11. The first kappa shape index (κ1) is 15.0. The summed E-state index contributed by atoms with van der Waals surface area (Å²) in [7, 11) is 1.05. The van der Waals surface area contributed by atoms with E-state index in [1.807, 2.05) is 5.32 Å². The first-order valence-electron chi connectivity index (χ1n) is 4.52. The Bertz CT molecular complexity index is 601. The minimum Gasteiger partial charge on any atom is -0.453 e. The third-order valence-corrected chi connectivity index (χ3v) is 2.12. The van der Waals surface area contributed by atoms with Crippen LogP contribution >= 0.6 is 12.4 Å². The average molecular weight is 300 g/mol. The molecule has 2 N–H and O–H groups in total. The highest BCUT2D eigenvalue weighted by Crippen LogP contribution is 2.26. The summed E-state index contributed by atoms with van der Waals surface area (Å²) in [5, 5.41) is 1.97. The summed E-state index contributed by atoms with van der Waals surface area (Å²) in [6.45, 7) is 0. The van der Waals surface area contributed by atoms with E-state index in [4.69, 9.17) is 0 Å². The van der Waals surface area contributed by atoms with Crippen molar-refractivity contribution in [2.75, 3.05) is 12.4 Å². The van der Waals surface area contributed by atoms with Gasteiger partial charge in [-0.3, -0.25) is 5.32 Å². The van der Waals surface area contributed by atoms with Crippen LogP contribution in [-0.2, 0) is 4.74 Å². The highest BCUT2D eigenvalue weighted by atomic mass is 35.5. The van der Waals surface area contributed by atoms with E-state index in [0.29, 0.717) is 0 Å². The van der Waals surface area contributed by atoms with E-state index < -0.39 is 46.3 Å². The van der Waals surface area contributed by atoms with Crippen LogP contribution in [0, 0.1) is 23.3 Å². The van der Waals surface area contributed by atoms with Gasteiger partial charge in [0, 0.05) is 0 Å². The number of aromatic amines is 1. The molecule has 0 aliphatic carbocycles. The van der Waals surface area contributed by atoms with Gasteiger partial charge in [-0.15, -0.1) is 12.4 Å². The maximum atomic E-state index is 13.3. The standard InChI is InChI=1S/C9H5F4N3O2.ClH/c1-18-9(17)16-8-14-6-4(12)2(10)3(11)5(13)7(6)15-8;/h1H3,(H2,14,15,16,17);1H. The van der Waals surface area contributed by atoms with Crippen molar-refractivity contribution in [3.63, 3.8) is 0 Å². The van der Waals surface area contributed by atoms with Crippen molar-refractivity contribution in [3.05, 3.63) is 23.3 Å². The van der Waals surface area contributed by atoms with Crippen LogP contribution in [0.5, 0.6) is 0 Å². The zero-order chi connectivity index (χ0) is 13.4. The number of methoxy groups -OCH3 is 1. The fourth-order valence-electron chi connectivity index (χ4n) is 1.30. The molecular formula is C9H6ClF4N3O2. The van der Waals surface area contributed by atoms with Crippen LogP contribution < -0.4 is 5.32 Å². The number of anilines is 1. The Morgan fingerprint density at radius 3 is 2.32 bits per heavy atom. The Kier molecular flexibility index (Phi) is 4.20. The SMILES string of the molecule is COC(=O)Nc1nc2c(F)c(F)c(F)c(F)c2[nH]1.Cl. The number of rotatable bonds is 1. The number of hydrogen-bond acceptors (Lipinski definition) is 3. The van der Waals surface area contributed by atoms with Crippen LogP contribution in [-0.4, -0.2) is 23.2 Å². The molecule has 0 bridgehead atoms. The summed E-state index contributed by atoms with van der Waals surface area (Å²) in [5.74, 6) is -7.63. The monoisotopic (exact) mass is 299 g/mol. The molecule has 2 aromatic rings. The molecule has 0 saturated carbocycles. The molecular weight excluding hydrogens is 294 g/mol. The van der Waals surface area contributed by atoms with Crippen LogP contribution in [0.15, 0.2) is 0 Å². The molecule has 0 radical (unpaired) electrons. The fourth-order valence-corrected chi connectivity index (χ4v) is 1.30. The van der Waals surface area contributed by atoms with Crippen LogP contribution in [0.25, 0.3) is 11.0 Å². The molecule has 2 rings (SSSR count). The average Bonchev–Trinajstić information content (AvgIpc) is 2.77. The van der Waals surface area contributed by atoms with E-state index in [1.165, 1.54) is 0 Å². The molecule has 10 heteroatoms. The van der Waals surface area contributed by atoms with E-state index in [1.54, 1.807) is 0 Å². The molecule has 0 fully saturated rings. The topological polar surface area (TPSA) is 67.0 Å². The molecule has 1 aromatic heterocycles. The largest absolute Gasteiger partial charge is 0.453 e. The second kappa shape index (κ2) is 5.31. The van der Waals surface area contributed by atoms with Gasteiger partial charge in [0.1, 0.15) is 11.0 Å². The smallest absolute Gasteiger partial charge is 0.413 e. The summed E-state index contributed by atoms with van der Waals surface area (Å²) in [5.41, 5.74) is -1.46. The molecule has 0 aliphatic heterocycles. The van der Waals surface area contributed by atoms with Crippen LogP contribution in [0.3, 0.4) is 0 Å². The van der Waals surface area contributed by atoms with Gasteiger partial charge < -0.3 is 9.72 Å². The Morgan fingerprint density at radius 1 is 1.16 bits per heavy atom. The molecule has 1 aromatic carbocycles. The molecule has 0 atom stereocenters. The molecule has 5 nitrogen and oxygen atoms in total. The van der Waals surface area contributed by atoms with Gasteiger partial charge in [0.15, 0.2) is 23.3 Å². The van der Waals surface area contributed by atoms with Gasteiger partial charge in [-0.25, -0.2) is 27.3 Å². The Hall–Kier alpha value is -2.03. The predicted molar refractivity (Wildman–Crippen MR) is 59.2 cm³/mol. The van der Waals surface area contributed by atoms with Crippen molar-refractivity contribution in [1.29, 1.82) is 0 Å². The number of H-pyrrole nitrogens is 1. The van der Waals surface area contributed by atoms with E-state index in [0.717, 1.165) is 7.11 Å². The molecule has 19 heavy (non-hydrogen) atoms. The third-order valence-electron chi connectivity index (χ3n) is 2.12. The minimum absolute atomic E-state index is 0. The van der Waals surface area contributed by atoms with Gasteiger partial charge in [-0.2, -0.15) is 0 Å². The lowest BCUT2D eigenvalue weighted by atomic mass is 10.2. The van der Waals surface area contributed by atoms with Crippen molar-refractivity contribution in [2.24, 2.45) is 0 Å². The molecule has 0 unspecified atom stereocenters. The van der Waals surface area contributed by atoms with Crippen molar-refractivity contribution < 1.29 is 27.1 Å². The Labute approximate surface area is 109 Å². The molecule has 0 saturated heterocycles. The lowest BCUT2D eigenvalue weighted by Gasteiger charge is -1.97. The van der Waals surface area contributed by atoms with Crippen LogP contribution in [0.1, 0.15) is 0 Å². The first-order chi connectivity index (χ1) is 8.45. The van der Waals surface area contributed by atoms with Crippen molar-refractivity contribution >= 4 is 35.5 Å². The summed E-state index contributed by atoms with van der Waals surface area (Å²) < 4.78 is 56.6. The van der Waals surface area contributed by atoms with E-state index >= 15 is 0 Å². The summed E-state index contributed by atoms with van der Waals surface area (Å²) in [4.78, 5) is 16.3. The number of ether oxygens (including phenoxy) is 1. The predicted octanol–water partition coefficient (Wildman–Crippen LogP) is 2.72. The number of nitrogens with zero attached hydrogens (tertiary/aromatic N) is 1. The van der Waals surface area contributed by atoms with Crippen molar-refractivity contribution in [2.45, 2.75) is 0 Å². The number of amides is 1. The normalized spacial score (nSPS) is 10.2. The molecule has 1 amide bonds. The molecule has 0 aliphatic rings. The van der Waals surface area contributed by atoms with E-state index in [-0.39, 0.29) is 12.4 Å². The number of imidazole rings is 1. The second-order valence-electron chi connectivity index (χ2n) is 3.18. The van der Waals surface area contributed by atoms with Crippen molar-refractivity contribution in [3.8, 4) is 0 Å². The van der Waals surface area contributed by atoms with Crippen molar-refractivity contribution in [1.82, 2.24) is 9.97 Å².